The van der Waals surface area contributed by atoms with Crippen molar-refractivity contribution in [2.75, 3.05) is 20.8 Å². The van der Waals surface area contributed by atoms with Crippen molar-refractivity contribution in [1.29, 1.82) is 0 Å². The van der Waals surface area contributed by atoms with E-state index in [0.29, 0.717) is 18.0 Å². The molecule has 24 heavy (non-hydrogen) atoms. The zero-order valence-corrected chi connectivity index (χ0v) is 13.6. The molecule has 126 valence electrons. The van der Waals surface area contributed by atoms with Crippen LogP contribution in [0.2, 0.25) is 0 Å². The van der Waals surface area contributed by atoms with E-state index < -0.39 is 0 Å². The third-order valence-corrected chi connectivity index (χ3v) is 4.20. The summed E-state index contributed by atoms with van der Waals surface area (Å²) < 4.78 is 10.6. The summed E-state index contributed by atoms with van der Waals surface area (Å²) in [5.41, 5.74) is 0.898. The fourth-order valence-electron chi connectivity index (χ4n) is 3.03. The molecular formula is C17H19N3O4. The van der Waals surface area contributed by atoms with Crippen LogP contribution in [0.15, 0.2) is 35.1 Å². The van der Waals surface area contributed by atoms with Gasteiger partial charge < -0.3 is 14.4 Å². The summed E-state index contributed by atoms with van der Waals surface area (Å²) in [6, 6.07) is 8.39. The van der Waals surface area contributed by atoms with Crippen molar-refractivity contribution in [2.24, 2.45) is 0 Å². The van der Waals surface area contributed by atoms with E-state index in [4.69, 9.17) is 9.47 Å². The van der Waals surface area contributed by atoms with Gasteiger partial charge in [-0.15, -0.1) is 0 Å². The van der Waals surface area contributed by atoms with Gasteiger partial charge in [-0.05, 0) is 36.6 Å². The lowest BCUT2D eigenvalue weighted by molar-refractivity contribution is 0.0728. The molecule has 1 N–H and O–H groups in total. The maximum Gasteiger partial charge on any atom is 0.274 e. The molecule has 0 spiro atoms. The molecule has 0 unspecified atom stereocenters. The van der Waals surface area contributed by atoms with Crippen LogP contribution in [0.3, 0.4) is 0 Å². The molecule has 0 bridgehead atoms. The maximum atomic E-state index is 12.7. The molecule has 7 heteroatoms. The van der Waals surface area contributed by atoms with Crippen LogP contribution in [0.5, 0.6) is 11.5 Å². The van der Waals surface area contributed by atoms with Crippen molar-refractivity contribution in [3.8, 4) is 11.5 Å². The highest BCUT2D eigenvalue weighted by molar-refractivity contribution is 5.92. The van der Waals surface area contributed by atoms with Crippen LogP contribution >= 0.6 is 0 Å². The average Bonchev–Trinajstić information content (AvgIpc) is 3.10. The highest BCUT2D eigenvalue weighted by Crippen LogP contribution is 2.37. The molecule has 1 aromatic heterocycles. The van der Waals surface area contributed by atoms with Gasteiger partial charge in [0, 0.05) is 12.6 Å². The lowest BCUT2D eigenvalue weighted by Gasteiger charge is -2.25. The first-order valence-electron chi connectivity index (χ1n) is 7.72. The normalized spacial score (nSPS) is 16.9. The number of aromatic amines is 1. The number of methoxy groups -OCH3 is 2. The highest BCUT2D eigenvalue weighted by atomic mass is 16.5. The van der Waals surface area contributed by atoms with Gasteiger partial charge in [-0.2, -0.15) is 5.10 Å². The van der Waals surface area contributed by atoms with E-state index in [9.17, 15) is 9.59 Å². The van der Waals surface area contributed by atoms with E-state index in [1.165, 1.54) is 12.1 Å². The minimum absolute atomic E-state index is 0.0500. The van der Waals surface area contributed by atoms with Crippen LogP contribution < -0.4 is 15.0 Å². The van der Waals surface area contributed by atoms with Gasteiger partial charge in [-0.1, -0.05) is 6.07 Å². The Bertz CT molecular complexity index is 782. The lowest BCUT2D eigenvalue weighted by Crippen LogP contribution is -2.32. The summed E-state index contributed by atoms with van der Waals surface area (Å²) in [5, 5.41) is 6.14. The molecule has 0 saturated carbocycles. The van der Waals surface area contributed by atoms with Gasteiger partial charge in [0.05, 0.1) is 20.3 Å². The number of aromatic nitrogens is 2. The van der Waals surface area contributed by atoms with E-state index in [-0.39, 0.29) is 23.2 Å². The first kappa shape index (κ1) is 16.0. The number of likely N-dealkylation sites (tertiary alicyclic amines) is 1. The fourth-order valence-corrected chi connectivity index (χ4v) is 3.03. The Labute approximate surface area is 139 Å². The van der Waals surface area contributed by atoms with Crippen LogP contribution in [0.4, 0.5) is 0 Å². The SMILES string of the molecule is COc1ccc([C@@H]2CCCN2C(=O)c2ccc(=O)[nH]n2)cc1OC. The van der Waals surface area contributed by atoms with Crippen molar-refractivity contribution in [2.45, 2.75) is 18.9 Å². The van der Waals surface area contributed by atoms with Crippen LogP contribution in [-0.2, 0) is 0 Å². The minimum Gasteiger partial charge on any atom is -0.493 e. The van der Waals surface area contributed by atoms with Crippen LogP contribution in [0.1, 0.15) is 34.9 Å². The van der Waals surface area contributed by atoms with E-state index in [1.807, 2.05) is 18.2 Å². The fraction of sp³-hybridized carbons (Fsp3) is 0.353. The Morgan fingerprint density at radius 2 is 2.00 bits per heavy atom. The summed E-state index contributed by atoms with van der Waals surface area (Å²) in [7, 11) is 3.17. The molecule has 1 aromatic carbocycles. The standard InChI is InChI=1S/C17H19N3O4/c1-23-14-7-5-11(10-15(14)24-2)13-4-3-9-20(13)17(22)12-6-8-16(21)19-18-12/h5-8,10,13H,3-4,9H2,1-2H3,(H,19,21)/t13-/m0/s1. The van der Waals surface area contributed by atoms with Crippen molar-refractivity contribution in [1.82, 2.24) is 15.1 Å². The molecule has 1 atom stereocenters. The Morgan fingerprint density at radius 1 is 1.21 bits per heavy atom. The third kappa shape index (κ3) is 2.97. The molecule has 2 heterocycles. The summed E-state index contributed by atoms with van der Waals surface area (Å²) in [4.78, 5) is 25.6. The van der Waals surface area contributed by atoms with Crippen molar-refractivity contribution >= 4 is 5.91 Å². The monoisotopic (exact) mass is 329 g/mol. The number of amides is 1. The van der Waals surface area contributed by atoms with Crippen molar-refractivity contribution < 1.29 is 14.3 Å². The van der Waals surface area contributed by atoms with Gasteiger partial charge in [0.2, 0.25) is 0 Å². The number of benzene rings is 1. The molecule has 3 rings (SSSR count). The first-order valence-corrected chi connectivity index (χ1v) is 7.72. The Morgan fingerprint density at radius 3 is 2.67 bits per heavy atom. The lowest BCUT2D eigenvalue weighted by atomic mass is 10.0. The smallest absolute Gasteiger partial charge is 0.274 e. The number of carbonyl (C=O) groups excluding carboxylic acids is 1. The molecule has 0 radical (unpaired) electrons. The third-order valence-electron chi connectivity index (χ3n) is 4.20. The number of carbonyl (C=O) groups is 1. The predicted molar refractivity (Wildman–Crippen MR) is 87.4 cm³/mol. The molecule has 1 aliphatic rings. The summed E-state index contributed by atoms with van der Waals surface area (Å²) in [5.74, 6) is 1.10. The quantitative estimate of drug-likeness (QED) is 0.924. The summed E-state index contributed by atoms with van der Waals surface area (Å²) in [6.07, 6.45) is 1.78. The summed E-state index contributed by atoms with van der Waals surface area (Å²) >= 11 is 0. The molecule has 1 saturated heterocycles. The second-order valence-electron chi connectivity index (χ2n) is 5.58. The molecule has 2 aromatic rings. The predicted octanol–water partition coefficient (Wildman–Crippen LogP) is 1.76. The number of hydrogen-bond acceptors (Lipinski definition) is 5. The zero-order chi connectivity index (χ0) is 17.1. The second-order valence-corrected chi connectivity index (χ2v) is 5.58. The molecule has 1 amide bonds. The van der Waals surface area contributed by atoms with Crippen LogP contribution in [-0.4, -0.2) is 41.8 Å². The second kappa shape index (κ2) is 6.74. The number of hydrogen-bond donors (Lipinski definition) is 1. The Hall–Kier alpha value is -2.83. The van der Waals surface area contributed by atoms with Crippen molar-refractivity contribution in [3.05, 3.63) is 51.9 Å². The van der Waals surface area contributed by atoms with E-state index in [0.717, 1.165) is 18.4 Å². The van der Waals surface area contributed by atoms with Crippen LogP contribution in [0.25, 0.3) is 0 Å². The Kier molecular flexibility index (Phi) is 4.50. The van der Waals surface area contributed by atoms with Gasteiger partial charge in [0.25, 0.3) is 11.5 Å². The molecule has 7 nitrogen and oxygen atoms in total. The zero-order valence-electron chi connectivity index (χ0n) is 13.6. The average molecular weight is 329 g/mol. The van der Waals surface area contributed by atoms with E-state index >= 15 is 0 Å². The first-order chi connectivity index (χ1) is 11.6. The maximum absolute atomic E-state index is 12.7. The van der Waals surface area contributed by atoms with Crippen molar-refractivity contribution in [3.63, 3.8) is 0 Å². The van der Waals surface area contributed by atoms with Gasteiger partial charge in [0.1, 0.15) is 5.69 Å². The van der Waals surface area contributed by atoms with E-state index in [2.05, 4.69) is 10.2 Å². The molecule has 1 fully saturated rings. The minimum atomic E-state index is -0.329. The van der Waals surface area contributed by atoms with Gasteiger partial charge in [-0.25, -0.2) is 5.10 Å². The number of rotatable bonds is 4. The van der Waals surface area contributed by atoms with Gasteiger partial charge in [0.15, 0.2) is 11.5 Å². The topological polar surface area (TPSA) is 84.5 Å². The van der Waals surface area contributed by atoms with Gasteiger partial charge >= 0.3 is 0 Å². The molecular weight excluding hydrogens is 310 g/mol. The van der Waals surface area contributed by atoms with Crippen LogP contribution in [0, 0.1) is 0 Å². The largest absolute Gasteiger partial charge is 0.493 e. The van der Waals surface area contributed by atoms with E-state index in [1.54, 1.807) is 19.1 Å². The molecule has 0 aliphatic carbocycles. The number of H-pyrrole nitrogens is 1. The van der Waals surface area contributed by atoms with Gasteiger partial charge in [-0.3, -0.25) is 9.59 Å². The Balaban J connectivity index is 1.89. The number of nitrogens with zero attached hydrogens (tertiary/aromatic N) is 2. The molecule has 1 aliphatic heterocycles. The highest BCUT2D eigenvalue weighted by Gasteiger charge is 2.31. The number of ether oxygens (including phenoxy) is 2. The summed E-state index contributed by atoms with van der Waals surface area (Å²) in [6.45, 7) is 0.651. The number of nitrogens with one attached hydrogen (secondary N) is 1.